The van der Waals surface area contributed by atoms with E-state index in [0.29, 0.717) is 12.1 Å². The fourth-order valence-corrected chi connectivity index (χ4v) is 2.50. The van der Waals surface area contributed by atoms with E-state index in [1.165, 1.54) is 0 Å². The highest BCUT2D eigenvalue weighted by Gasteiger charge is 2.33. The van der Waals surface area contributed by atoms with Crippen LogP contribution >= 0.6 is 34.8 Å². The van der Waals surface area contributed by atoms with E-state index in [-0.39, 0.29) is 5.91 Å². The van der Waals surface area contributed by atoms with Crippen LogP contribution in [0.3, 0.4) is 0 Å². The molecule has 0 fully saturated rings. The minimum absolute atomic E-state index is 0.292. The van der Waals surface area contributed by atoms with Gasteiger partial charge in [-0.25, -0.2) is 0 Å². The van der Waals surface area contributed by atoms with Gasteiger partial charge in [0.2, 0.25) is 3.79 Å². The average Bonchev–Trinajstić information content (AvgIpc) is 2.51. The lowest BCUT2D eigenvalue weighted by Gasteiger charge is -2.27. The number of rotatable bonds is 5. The van der Waals surface area contributed by atoms with Gasteiger partial charge in [0.15, 0.2) is 0 Å². The lowest BCUT2D eigenvalue weighted by atomic mass is 10.1. The van der Waals surface area contributed by atoms with Crippen molar-refractivity contribution in [3.8, 4) is 0 Å². The molecule has 6 heteroatoms. The third-order valence-electron chi connectivity index (χ3n) is 3.35. The van der Waals surface area contributed by atoms with Gasteiger partial charge in [0.1, 0.15) is 6.17 Å². The Balaban J connectivity index is 2.07. The summed E-state index contributed by atoms with van der Waals surface area (Å²) in [5, 5.41) is 5.81. The summed E-state index contributed by atoms with van der Waals surface area (Å²) in [6.45, 7) is 2.32. The molecule has 0 aliphatic rings. The maximum atomic E-state index is 12.4. The highest BCUT2D eigenvalue weighted by atomic mass is 35.6. The molecule has 2 rings (SSSR count). The number of hydrogen-bond acceptors (Lipinski definition) is 2. The lowest BCUT2D eigenvalue weighted by Crippen LogP contribution is -2.53. The molecule has 1 amide bonds. The van der Waals surface area contributed by atoms with Crippen molar-refractivity contribution in [1.29, 1.82) is 0 Å². The van der Waals surface area contributed by atoms with Crippen molar-refractivity contribution in [2.24, 2.45) is 0 Å². The first kappa shape index (κ1) is 18.1. The number of alkyl halides is 3. The Kier molecular flexibility index (Phi) is 6.31. The van der Waals surface area contributed by atoms with Gasteiger partial charge in [-0.3, -0.25) is 10.1 Å². The second kappa shape index (κ2) is 8.02. The third-order valence-corrected chi connectivity index (χ3v) is 4.00. The molecule has 0 bridgehead atoms. The molecular formula is C17H17Cl3N2O. The summed E-state index contributed by atoms with van der Waals surface area (Å²) in [5.74, 6) is -0.292. The van der Waals surface area contributed by atoms with Crippen LogP contribution in [-0.2, 0) is 6.54 Å². The van der Waals surface area contributed by atoms with Crippen molar-refractivity contribution in [2.75, 3.05) is 0 Å². The molecule has 0 saturated carbocycles. The zero-order chi connectivity index (χ0) is 16.9. The Hall–Kier alpha value is -1.26. The van der Waals surface area contributed by atoms with Crippen molar-refractivity contribution >= 4 is 40.7 Å². The normalized spacial score (nSPS) is 12.7. The molecule has 0 aromatic heterocycles. The van der Waals surface area contributed by atoms with Crippen molar-refractivity contribution in [3.05, 3.63) is 71.3 Å². The molecule has 122 valence electrons. The molecule has 0 aliphatic heterocycles. The fourth-order valence-electron chi connectivity index (χ4n) is 2.10. The predicted octanol–water partition coefficient (Wildman–Crippen LogP) is 4.21. The summed E-state index contributed by atoms with van der Waals surface area (Å²) in [7, 11) is 0. The molecule has 0 unspecified atom stereocenters. The summed E-state index contributed by atoms with van der Waals surface area (Å²) in [5.41, 5.74) is 2.43. The van der Waals surface area contributed by atoms with E-state index in [2.05, 4.69) is 10.6 Å². The summed E-state index contributed by atoms with van der Waals surface area (Å²) < 4.78 is -1.67. The van der Waals surface area contributed by atoms with Crippen LogP contribution in [0, 0.1) is 6.92 Å². The van der Waals surface area contributed by atoms with E-state index < -0.39 is 9.96 Å². The lowest BCUT2D eigenvalue weighted by molar-refractivity contribution is 0.0928. The molecule has 2 aromatic carbocycles. The van der Waals surface area contributed by atoms with E-state index in [0.717, 1.165) is 11.1 Å². The zero-order valence-electron chi connectivity index (χ0n) is 12.5. The van der Waals surface area contributed by atoms with Crippen LogP contribution in [0.5, 0.6) is 0 Å². The highest BCUT2D eigenvalue weighted by Crippen LogP contribution is 2.29. The van der Waals surface area contributed by atoms with Gasteiger partial charge < -0.3 is 5.32 Å². The molecule has 2 N–H and O–H groups in total. The number of halogens is 3. The molecule has 0 heterocycles. The zero-order valence-corrected chi connectivity index (χ0v) is 14.8. The predicted molar refractivity (Wildman–Crippen MR) is 96.0 cm³/mol. The average molecular weight is 372 g/mol. The Morgan fingerprint density at radius 2 is 1.65 bits per heavy atom. The third kappa shape index (κ3) is 5.40. The number of carbonyl (C=O) groups is 1. The minimum atomic E-state index is -1.67. The Morgan fingerprint density at radius 3 is 2.26 bits per heavy atom. The molecular weight excluding hydrogens is 355 g/mol. The van der Waals surface area contributed by atoms with Gasteiger partial charge in [-0.2, -0.15) is 0 Å². The summed E-state index contributed by atoms with van der Waals surface area (Å²) in [6, 6.07) is 16.9. The Labute approximate surface area is 150 Å². The van der Waals surface area contributed by atoms with Gasteiger partial charge >= 0.3 is 0 Å². The van der Waals surface area contributed by atoms with Gasteiger partial charge in [0.05, 0.1) is 0 Å². The van der Waals surface area contributed by atoms with Crippen molar-refractivity contribution < 1.29 is 4.79 Å². The van der Waals surface area contributed by atoms with Crippen LogP contribution in [0.1, 0.15) is 21.5 Å². The van der Waals surface area contributed by atoms with Gasteiger partial charge in [0, 0.05) is 12.1 Å². The largest absolute Gasteiger partial charge is 0.333 e. The van der Waals surface area contributed by atoms with Gasteiger partial charge in [-0.15, -0.1) is 0 Å². The van der Waals surface area contributed by atoms with Gasteiger partial charge in [-0.05, 0) is 24.1 Å². The molecule has 0 aliphatic carbocycles. The van der Waals surface area contributed by atoms with Crippen LogP contribution in [-0.4, -0.2) is 15.9 Å². The van der Waals surface area contributed by atoms with Crippen LogP contribution in [0.25, 0.3) is 0 Å². The number of benzene rings is 2. The van der Waals surface area contributed by atoms with Gasteiger partial charge in [-0.1, -0.05) is 83.3 Å². The van der Waals surface area contributed by atoms with Crippen molar-refractivity contribution in [2.45, 2.75) is 23.4 Å². The monoisotopic (exact) mass is 370 g/mol. The van der Waals surface area contributed by atoms with Crippen molar-refractivity contribution in [3.63, 3.8) is 0 Å². The molecule has 3 nitrogen and oxygen atoms in total. The molecule has 0 spiro atoms. The molecule has 2 aromatic rings. The summed E-state index contributed by atoms with van der Waals surface area (Å²) in [4.78, 5) is 12.4. The highest BCUT2D eigenvalue weighted by molar-refractivity contribution is 6.68. The van der Waals surface area contributed by atoms with E-state index >= 15 is 0 Å². The maximum Gasteiger partial charge on any atom is 0.252 e. The first-order valence-electron chi connectivity index (χ1n) is 7.08. The first-order chi connectivity index (χ1) is 10.9. The van der Waals surface area contributed by atoms with Crippen LogP contribution in [0.4, 0.5) is 0 Å². The number of hydrogen-bond donors (Lipinski definition) is 2. The maximum absolute atomic E-state index is 12.4. The second-order valence-electron chi connectivity index (χ2n) is 5.13. The Morgan fingerprint density at radius 1 is 1.04 bits per heavy atom. The number of carbonyl (C=O) groups excluding carboxylic acids is 1. The first-order valence-corrected chi connectivity index (χ1v) is 8.22. The van der Waals surface area contributed by atoms with Crippen molar-refractivity contribution in [1.82, 2.24) is 10.6 Å². The standard InChI is InChI=1S/C17H17Cl3N2O/c1-12-7-5-6-10-14(12)15(23)22-16(17(18,19)20)21-11-13-8-3-2-4-9-13/h2-10,16,21H,11H2,1H3,(H,22,23)/t16-/m0/s1. The number of nitrogens with one attached hydrogen (secondary N) is 2. The second-order valence-corrected chi connectivity index (χ2v) is 7.50. The van der Waals surface area contributed by atoms with E-state index in [9.17, 15) is 4.79 Å². The molecule has 0 radical (unpaired) electrons. The number of amides is 1. The summed E-state index contributed by atoms with van der Waals surface area (Å²) >= 11 is 18.0. The molecule has 0 saturated heterocycles. The minimum Gasteiger partial charge on any atom is -0.333 e. The smallest absolute Gasteiger partial charge is 0.252 e. The van der Waals surface area contributed by atoms with Crippen LogP contribution < -0.4 is 10.6 Å². The van der Waals surface area contributed by atoms with E-state index in [1.807, 2.05) is 49.4 Å². The van der Waals surface area contributed by atoms with Gasteiger partial charge in [0.25, 0.3) is 5.91 Å². The quantitative estimate of drug-likeness (QED) is 0.610. The SMILES string of the molecule is Cc1ccccc1C(=O)N[C@H](NCc1ccccc1)C(Cl)(Cl)Cl. The Bertz CT molecular complexity index is 656. The van der Waals surface area contributed by atoms with Crippen LogP contribution in [0.15, 0.2) is 54.6 Å². The van der Waals surface area contributed by atoms with Crippen LogP contribution in [0.2, 0.25) is 0 Å². The molecule has 23 heavy (non-hydrogen) atoms. The topological polar surface area (TPSA) is 41.1 Å². The number of aryl methyl sites for hydroxylation is 1. The molecule has 1 atom stereocenters. The van der Waals surface area contributed by atoms with E-state index in [4.69, 9.17) is 34.8 Å². The summed E-state index contributed by atoms with van der Waals surface area (Å²) in [6.07, 6.45) is -0.820. The van der Waals surface area contributed by atoms with E-state index in [1.54, 1.807) is 12.1 Å². The fraction of sp³-hybridized carbons (Fsp3) is 0.235.